The van der Waals surface area contributed by atoms with Crippen LogP contribution < -0.4 is 5.73 Å². The average molecular weight is 325 g/mol. The van der Waals surface area contributed by atoms with Crippen LogP contribution in [0, 0.1) is 6.92 Å². The molecule has 3 aromatic heterocycles. The molecule has 1 atom stereocenters. The molecule has 1 amide bonds. The van der Waals surface area contributed by atoms with Gasteiger partial charge in [-0.15, -0.1) is 5.10 Å². The monoisotopic (exact) mass is 325 g/mol. The van der Waals surface area contributed by atoms with Crippen molar-refractivity contribution in [2.24, 2.45) is 5.73 Å². The van der Waals surface area contributed by atoms with Crippen molar-refractivity contribution in [1.82, 2.24) is 29.9 Å². The van der Waals surface area contributed by atoms with E-state index in [9.17, 15) is 4.79 Å². The van der Waals surface area contributed by atoms with E-state index in [1.54, 1.807) is 6.20 Å². The van der Waals surface area contributed by atoms with Crippen molar-refractivity contribution in [3.8, 4) is 0 Å². The third kappa shape index (κ3) is 2.44. The molecule has 0 bridgehead atoms. The van der Waals surface area contributed by atoms with Gasteiger partial charge in [-0.05, 0) is 25.0 Å². The molecule has 1 aliphatic heterocycles. The van der Waals surface area contributed by atoms with Crippen molar-refractivity contribution in [3.05, 3.63) is 41.5 Å². The predicted octanol–water partition coefficient (Wildman–Crippen LogP) is 1.01. The van der Waals surface area contributed by atoms with Crippen molar-refractivity contribution >= 4 is 16.9 Å². The van der Waals surface area contributed by atoms with Gasteiger partial charge in [-0.25, -0.2) is 9.67 Å². The average Bonchev–Trinajstić information content (AvgIpc) is 3.33. The highest BCUT2D eigenvalue weighted by atomic mass is 16.2. The number of pyridine rings is 1. The zero-order valence-electron chi connectivity index (χ0n) is 13.4. The summed E-state index contributed by atoms with van der Waals surface area (Å²) in [7, 11) is 0. The van der Waals surface area contributed by atoms with Crippen LogP contribution in [0.3, 0.4) is 0 Å². The highest BCUT2D eigenvalue weighted by Crippen LogP contribution is 2.24. The van der Waals surface area contributed by atoms with E-state index >= 15 is 0 Å². The Bertz CT molecular complexity index is 897. The standard InChI is InChI=1S/C16H19N7O/c1-10-6-18-15-14(10)4-11(7-19-15)16(24)22-3-2-13(9-22)23-8-12(5-17)20-21-23/h4,6-8,13H,2-3,5,9,17H2,1H3,(H,18,19). The Kier molecular flexibility index (Phi) is 3.53. The Hall–Kier alpha value is -2.74. The fourth-order valence-corrected chi connectivity index (χ4v) is 3.16. The van der Waals surface area contributed by atoms with E-state index in [-0.39, 0.29) is 11.9 Å². The number of amides is 1. The number of aromatic nitrogens is 5. The molecule has 0 saturated carbocycles. The van der Waals surface area contributed by atoms with Gasteiger partial charge in [0.25, 0.3) is 5.91 Å². The molecule has 3 aromatic rings. The fraction of sp³-hybridized carbons (Fsp3) is 0.375. The number of carbonyl (C=O) groups excluding carboxylic acids is 1. The van der Waals surface area contributed by atoms with Crippen LogP contribution in [0.5, 0.6) is 0 Å². The van der Waals surface area contributed by atoms with E-state index in [4.69, 9.17) is 5.73 Å². The number of fused-ring (bicyclic) bond motifs is 1. The van der Waals surface area contributed by atoms with E-state index < -0.39 is 0 Å². The van der Waals surface area contributed by atoms with Gasteiger partial charge in [0.2, 0.25) is 0 Å². The number of rotatable bonds is 3. The normalized spacial score (nSPS) is 17.8. The van der Waals surface area contributed by atoms with Crippen LogP contribution in [0.25, 0.3) is 11.0 Å². The van der Waals surface area contributed by atoms with Gasteiger partial charge in [0.15, 0.2) is 0 Å². The molecule has 3 N–H and O–H groups in total. The third-order valence-electron chi connectivity index (χ3n) is 4.58. The van der Waals surface area contributed by atoms with Gasteiger partial charge in [-0.2, -0.15) is 0 Å². The van der Waals surface area contributed by atoms with Gasteiger partial charge >= 0.3 is 0 Å². The number of aromatic amines is 1. The van der Waals surface area contributed by atoms with E-state index in [1.807, 2.05) is 35.0 Å². The number of H-pyrrole nitrogens is 1. The molecule has 0 radical (unpaired) electrons. The number of nitrogens with zero attached hydrogens (tertiary/aromatic N) is 5. The first-order valence-electron chi connectivity index (χ1n) is 7.99. The van der Waals surface area contributed by atoms with Crippen LogP contribution in [-0.4, -0.2) is 48.9 Å². The molecular formula is C16H19N7O. The number of nitrogens with one attached hydrogen (secondary N) is 1. The summed E-state index contributed by atoms with van der Waals surface area (Å²) >= 11 is 0. The number of nitrogens with two attached hydrogens (primary N) is 1. The smallest absolute Gasteiger partial charge is 0.255 e. The summed E-state index contributed by atoms with van der Waals surface area (Å²) < 4.78 is 1.81. The van der Waals surface area contributed by atoms with Crippen molar-refractivity contribution in [2.45, 2.75) is 25.9 Å². The Morgan fingerprint density at radius 2 is 2.38 bits per heavy atom. The zero-order chi connectivity index (χ0) is 16.7. The summed E-state index contributed by atoms with van der Waals surface area (Å²) in [5.41, 5.74) is 8.84. The molecular weight excluding hydrogens is 306 g/mol. The molecule has 8 nitrogen and oxygen atoms in total. The van der Waals surface area contributed by atoms with E-state index in [1.165, 1.54) is 0 Å². The number of likely N-dealkylation sites (tertiary alicyclic amines) is 1. The van der Waals surface area contributed by atoms with E-state index in [2.05, 4.69) is 20.3 Å². The molecule has 8 heteroatoms. The summed E-state index contributed by atoms with van der Waals surface area (Å²) in [5.74, 6) is 0.00617. The first-order valence-corrected chi connectivity index (χ1v) is 7.99. The van der Waals surface area contributed by atoms with Gasteiger partial charge in [-0.3, -0.25) is 4.79 Å². The first kappa shape index (κ1) is 14.8. The molecule has 4 rings (SSSR count). The first-order chi connectivity index (χ1) is 11.7. The molecule has 4 heterocycles. The van der Waals surface area contributed by atoms with Crippen LogP contribution in [0.4, 0.5) is 0 Å². The maximum Gasteiger partial charge on any atom is 0.255 e. The number of aryl methyl sites for hydroxylation is 1. The molecule has 0 aromatic carbocycles. The summed E-state index contributed by atoms with van der Waals surface area (Å²) in [6.07, 6.45) is 6.25. The molecule has 24 heavy (non-hydrogen) atoms. The van der Waals surface area contributed by atoms with Crippen molar-refractivity contribution in [2.75, 3.05) is 13.1 Å². The lowest BCUT2D eigenvalue weighted by Gasteiger charge is -2.16. The maximum atomic E-state index is 12.8. The van der Waals surface area contributed by atoms with Crippen LogP contribution in [0.2, 0.25) is 0 Å². The highest BCUT2D eigenvalue weighted by Gasteiger charge is 2.29. The Labute approximate surface area is 138 Å². The molecule has 1 saturated heterocycles. The van der Waals surface area contributed by atoms with Gasteiger partial charge in [0.05, 0.1) is 23.5 Å². The van der Waals surface area contributed by atoms with Crippen LogP contribution in [0.1, 0.15) is 34.1 Å². The Morgan fingerprint density at radius 1 is 1.50 bits per heavy atom. The maximum absolute atomic E-state index is 12.8. The van der Waals surface area contributed by atoms with Crippen LogP contribution in [-0.2, 0) is 6.54 Å². The summed E-state index contributed by atoms with van der Waals surface area (Å²) in [5, 5.41) is 9.12. The second-order valence-corrected chi connectivity index (χ2v) is 6.18. The summed E-state index contributed by atoms with van der Waals surface area (Å²) in [6, 6.07) is 2.05. The van der Waals surface area contributed by atoms with Gasteiger partial charge in [-0.1, -0.05) is 5.21 Å². The SMILES string of the molecule is Cc1c[nH]c2ncc(C(=O)N3CCC(n4cc(CN)nn4)C3)cc12. The number of hydrogen-bond acceptors (Lipinski definition) is 5. The predicted molar refractivity (Wildman–Crippen MR) is 88.3 cm³/mol. The van der Waals surface area contributed by atoms with E-state index in [0.29, 0.717) is 25.2 Å². The summed E-state index contributed by atoms with van der Waals surface area (Å²) in [4.78, 5) is 22.1. The fourth-order valence-electron chi connectivity index (χ4n) is 3.16. The van der Waals surface area contributed by atoms with E-state index in [0.717, 1.165) is 28.7 Å². The van der Waals surface area contributed by atoms with Crippen molar-refractivity contribution < 1.29 is 4.79 Å². The molecule has 124 valence electrons. The lowest BCUT2D eigenvalue weighted by Crippen LogP contribution is -2.29. The second kappa shape index (κ2) is 5.72. The van der Waals surface area contributed by atoms with Crippen LogP contribution >= 0.6 is 0 Å². The molecule has 1 unspecified atom stereocenters. The lowest BCUT2D eigenvalue weighted by atomic mass is 10.1. The molecule has 0 spiro atoms. The molecule has 0 aliphatic carbocycles. The molecule has 1 fully saturated rings. The molecule has 1 aliphatic rings. The topological polar surface area (TPSA) is 106 Å². The summed E-state index contributed by atoms with van der Waals surface area (Å²) in [6.45, 7) is 3.69. The minimum Gasteiger partial charge on any atom is -0.346 e. The number of carbonyl (C=O) groups is 1. The second-order valence-electron chi connectivity index (χ2n) is 6.18. The van der Waals surface area contributed by atoms with Crippen molar-refractivity contribution in [3.63, 3.8) is 0 Å². The zero-order valence-corrected chi connectivity index (χ0v) is 13.4. The Balaban J connectivity index is 1.53. The van der Waals surface area contributed by atoms with Crippen molar-refractivity contribution in [1.29, 1.82) is 0 Å². The van der Waals surface area contributed by atoms with Gasteiger partial charge < -0.3 is 15.6 Å². The minimum atomic E-state index is 0.00617. The van der Waals surface area contributed by atoms with Crippen LogP contribution in [0.15, 0.2) is 24.7 Å². The number of hydrogen-bond donors (Lipinski definition) is 2. The van der Waals surface area contributed by atoms with Gasteiger partial charge in [0.1, 0.15) is 5.65 Å². The largest absolute Gasteiger partial charge is 0.346 e. The lowest BCUT2D eigenvalue weighted by molar-refractivity contribution is 0.0786. The quantitative estimate of drug-likeness (QED) is 0.747. The Morgan fingerprint density at radius 3 is 3.17 bits per heavy atom. The minimum absolute atomic E-state index is 0.00617. The van der Waals surface area contributed by atoms with Gasteiger partial charge in [0, 0.05) is 37.4 Å². The third-order valence-corrected chi connectivity index (χ3v) is 4.58. The highest BCUT2D eigenvalue weighted by molar-refractivity contribution is 5.97.